The van der Waals surface area contributed by atoms with Crippen molar-refractivity contribution in [3.63, 3.8) is 0 Å². The number of carbonyl (C=O) groups is 1. The molecule has 0 heterocycles. The summed E-state index contributed by atoms with van der Waals surface area (Å²) in [5.41, 5.74) is -0.0959. The molecule has 0 bridgehead atoms. The molecular formula is C16H32N2O2. The highest BCUT2D eigenvalue weighted by Gasteiger charge is 2.30. The van der Waals surface area contributed by atoms with Gasteiger partial charge in [-0.2, -0.15) is 0 Å². The van der Waals surface area contributed by atoms with Crippen molar-refractivity contribution < 1.29 is 9.53 Å². The summed E-state index contributed by atoms with van der Waals surface area (Å²) in [6, 6.07) is 0. The molecular weight excluding hydrogens is 252 g/mol. The Balaban J connectivity index is 4.14. The Morgan fingerprint density at radius 3 is 2.10 bits per heavy atom. The summed E-state index contributed by atoms with van der Waals surface area (Å²) in [7, 11) is 8.08. The van der Waals surface area contributed by atoms with E-state index in [0.29, 0.717) is 5.57 Å². The highest BCUT2D eigenvalue weighted by Crippen LogP contribution is 2.23. The van der Waals surface area contributed by atoms with Crippen molar-refractivity contribution in [1.29, 1.82) is 0 Å². The molecule has 0 N–H and O–H groups in total. The Bertz CT molecular complexity index is 314. The van der Waals surface area contributed by atoms with Crippen LogP contribution in [0.25, 0.3) is 0 Å². The molecule has 20 heavy (non-hydrogen) atoms. The first-order valence-corrected chi connectivity index (χ1v) is 7.40. The van der Waals surface area contributed by atoms with Crippen molar-refractivity contribution in [3.8, 4) is 0 Å². The van der Waals surface area contributed by atoms with E-state index < -0.39 is 5.72 Å². The molecule has 0 fully saturated rings. The van der Waals surface area contributed by atoms with Crippen molar-refractivity contribution in [3.05, 3.63) is 12.2 Å². The van der Waals surface area contributed by atoms with Crippen molar-refractivity contribution >= 4 is 5.97 Å². The number of hydrogen-bond donors (Lipinski definition) is 0. The van der Waals surface area contributed by atoms with E-state index in [1.165, 1.54) is 19.3 Å². The smallest absolute Gasteiger partial charge is 0.334 e. The molecule has 0 amide bonds. The third-order valence-electron chi connectivity index (χ3n) is 3.60. The number of nitrogens with zero attached hydrogens (tertiary/aromatic N) is 2. The molecule has 0 saturated heterocycles. The van der Waals surface area contributed by atoms with E-state index in [4.69, 9.17) is 4.74 Å². The van der Waals surface area contributed by atoms with Gasteiger partial charge in [-0.05, 0) is 61.4 Å². The van der Waals surface area contributed by atoms with Crippen LogP contribution >= 0.6 is 0 Å². The van der Waals surface area contributed by atoms with E-state index in [2.05, 4.69) is 25.6 Å². The summed E-state index contributed by atoms with van der Waals surface area (Å²) in [4.78, 5) is 15.9. The molecule has 0 saturated carbocycles. The molecule has 0 spiro atoms. The van der Waals surface area contributed by atoms with E-state index in [9.17, 15) is 4.79 Å². The van der Waals surface area contributed by atoms with Crippen LogP contribution in [0.5, 0.6) is 0 Å². The lowest BCUT2D eigenvalue weighted by atomic mass is 10.0. The number of hydrogen-bond acceptors (Lipinski definition) is 4. The van der Waals surface area contributed by atoms with Gasteiger partial charge in [-0.15, -0.1) is 0 Å². The second kappa shape index (κ2) is 9.14. The Kier molecular flexibility index (Phi) is 8.74. The summed E-state index contributed by atoms with van der Waals surface area (Å²) in [5.74, 6) is -0.311. The highest BCUT2D eigenvalue weighted by molar-refractivity contribution is 5.87. The predicted molar refractivity (Wildman–Crippen MR) is 84.6 cm³/mol. The molecule has 0 rings (SSSR count). The number of ether oxygens (including phenoxy) is 1. The quantitative estimate of drug-likeness (QED) is 0.267. The molecule has 0 aromatic heterocycles. The fourth-order valence-electron chi connectivity index (χ4n) is 1.89. The molecule has 0 aromatic carbocycles. The Morgan fingerprint density at radius 2 is 1.65 bits per heavy atom. The monoisotopic (exact) mass is 284 g/mol. The summed E-state index contributed by atoms with van der Waals surface area (Å²) >= 11 is 0. The molecule has 118 valence electrons. The molecule has 0 aliphatic carbocycles. The largest absolute Gasteiger partial charge is 0.441 e. The summed E-state index contributed by atoms with van der Waals surface area (Å²) in [6.07, 6.45) is 5.52. The van der Waals surface area contributed by atoms with E-state index in [-0.39, 0.29) is 5.97 Å². The molecule has 0 radical (unpaired) electrons. The number of esters is 1. The fraction of sp³-hybridized carbons (Fsp3) is 0.812. The molecule has 1 unspecified atom stereocenters. The van der Waals surface area contributed by atoms with E-state index in [1.807, 2.05) is 25.9 Å². The molecule has 4 nitrogen and oxygen atoms in total. The highest BCUT2D eigenvalue weighted by atomic mass is 16.6. The molecule has 1 atom stereocenters. The van der Waals surface area contributed by atoms with Gasteiger partial charge in [0, 0.05) is 12.0 Å². The van der Waals surface area contributed by atoms with Gasteiger partial charge >= 0.3 is 5.97 Å². The summed E-state index contributed by atoms with van der Waals surface area (Å²) < 4.78 is 5.58. The van der Waals surface area contributed by atoms with Crippen LogP contribution in [-0.2, 0) is 9.53 Å². The zero-order valence-electron chi connectivity index (χ0n) is 14.2. The predicted octanol–water partition coefficient (Wildman–Crippen LogP) is 2.90. The van der Waals surface area contributed by atoms with Gasteiger partial charge in [0.2, 0.25) is 0 Å². The van der Waals surface area contributed by atoms with Gasteiger partial charge in [0.05, 0.1) is 0 Å². The second-order valence-electron chi connectivity index (χ2n) is 6.21. The maximum atomic E-state index is 11.7. The topological polar surface area (TPSA) is 32.8 Å². The van der Waals surface area contributed by atoms with Crippen LogP contribution in [0.1, 0.15) is 46.0 Å². The molecule has 4 heteroatoms. The van der Waals surface area contributed by atoms with E-state index in [0.717, 1.165) is 19.4 Å². The molecule has 0 aliphatic heterocycles. The van der Waals surface area contributed by atoms with Crippen LogP contribution in [0, 0.1) is 0 Å². The van der Waals surface area contributed by atoms with Gasteiger partial charge in [-0.1, -0.05) is 19.4 Å². The third-order valence-corrected chi connectivity index (χ3v) is 3.60. The molecule has 0 aromatic rings. The maximum absolute atomic E-state index is 11.7. The van der Waals surface area contributed by atoms with Crippen molar-refractivity contribution in [2.45, 2.75) is 51.7 Å². The van der Waals surface area contributed by atoms with E-state index >= 15 is 0 Å². The van der Waals surface area contributed by atoms with Crippen LogP contribution in [0.4, 0.5) is 0 Å². The Hall–Kier alpha value is -0.870. The van der Waals surface area contributed by atoms with Crippen LogP contribution < -0.4 is 0 Å². The Morgan fingerprint density at radius 1 is 1.10 bits per heavy atom. The average molecular weight is 284 g/mol. The van der Waals surface area contributed by atoms with E-state index in [1.54, 1.807) is 6.92 Å². The number of carbonyl (C=O) groups excluding carboxylic acids is 1. The van der Waals surface area contributed by atoms with Gasteiger partial charge in [-0.3, -0.25) is 4.90 Å². The van der Waals surface area contributed by atoms with Gasteiger partial charge in [0.1, 0.15) is 0 Å². The zero-order valence-corrected chi connectivity index (χ0v) is 14.2. The number of rotatable bonds is 10. The van der Waals surface area contributed by atoms with Gasteiger partial charge in [0.15, 0.2) is 5.72 Å². The first-order chi connectivity index (χ1) is 9.19. The third kappa shape index (κ3) is 7.65. The standard InChI is InChI=1S/C16H32N2O2/c1-14(2)15(19)20-16(3,18(6)7)12-10-8-9-11-13-17(4)5/h1,8-13H2,2-7H3. The SMILES string of the molecule is C=C(C)C(=O)OC(C)(CCCCCCN(C)C)N(C)C. The normalized spacial score (nSPS) is 14.4. The lowest BCUT2D eigenvalue weighted by Crippen LogP contribution is -2.45. The van der Waals surface area contributed by atoms with Crippen LogP contribution in [0.15, 0.2) is 12.2 Å². The van der Waals surface area contributed by atoms with Gasteiger partial charge < -0.3 is 9.64 Å². The minimum atomic E-state index is -0.544. The summed E-state index contributed by atoms with van der Waals surface area (Å²) in [5, 5.41) is 0. The first kappa shape index (κ1) is 19.1. The maximum Gasteiger partial charge on any atom is 0.334 e. The lowest BCUT2D eigenvalue weighted by Gasteiger charge is -2.36. The van der Waals surface area contributed by atoms with Gasteiger partial charge in [0.25, 0.3) is 0 Å². The lowest BCUT2D eigenvalue weighted by molar-refractivity contribution is -0.172. The van der Waals surface area contributed by atoms with Crippen LogP contribution in [0.3, 0.4) is 0 Å². The number of unbranched alkanes of at least 4 members (excludes halogenated alkanes) is 3. The van der Waals surface area contributed by atoms with Crippen LogP contribution in [-0.4, -0.2) is 56.2 Å². The zero-order chi connectivity index (χ0) is 15.8. The fourth-order valence-corrected chi connectivity index (χ4v) is 1.89. The van der Waals surface area contributed by atoms with Crippen LogP contribution in [0.2, 0.25) is 0 Å². The Labute approximate surface area is 124 Å². The second-order valence-corrected chi connectivity index (χ2v) is 6.21. The van der Waals surface area contributed by atoms with Crippen molar-refractivity contribution in [2.75, 3.05) is 34.7 Å². The molecule has 0 aliphatic rings. The van der Waals surface area contributed by atoms with Crippen molar-refractivity contribution in [2.24, 2.45) is 0 Å². The minimum absolute atomic E-state index is 0.311. The first-order valence-electron chi connectivity index (χ1n) is 7.40. The average Bonchev–Trinajstić information content (AvgIpc) is 2.32. The van der Waals surface area contributed by atoms with Crippen molar-refractivity contribution in [1.82, 2.24) is 9.80 Å². The minimum Gasteiger partial charge on any atom is -0.441 e. The van der Waals surface area contributed by atoms with Gasteiger partial charge in [-0.25, -0.2) is 4.79 Å². The summed E-state index contributed by atoms with van der Waals surface area (Å²) in [6.45, 7) is 8.42.